The van der Waals surface area contributed by atoms with E-state index in [0.717, 1.165) is 64.5 Å². The second kappa shape index (κ2) is 11.3. The maximum Gasteiger partial charge on any atom is 0.223 e. The molecule has 0 aliphatic carbocycles. The Labute approximate surface area is 151 Å². The Hall–Kier alpha value is -0.300. The van der Waals surface area contributed by atoms with Crippen molar-refractivity contribution in [1.82, 2.24) is 9.80 Å². The molecule has 0 aromatic carbocycles. The Morgan fingerprint density at radius 2 is 2.08 bits per heavy atom. The lowest BCUT2D eigenvalue weighted by atomic mass is 9.96. The van der Waals surface area contributed by atoms with E-state index in [9.17, 15) is 4.79 Å². The van der Waals surface area contributed by atoms with E-state index < -0.39 is 0 Å². The van der Waals surface area contributed by atoms with Gasteiger partial charge in [-0.15, -0.1) is 0 Å². The van der Waals surface area contributed by atoms with Gasteiger partial charge in [-0.05, 0) is 50.9 Å². The quantitative estimate of drug-likeness (QED) is 0.598. The molecule has 2 saturated heterocycles. The molecule has 2 heterocycles. The van der Waals surface area contributed by atoms with E-state index in [-0.39, 0.29) is 6.10 Å². The summed E-state index contributed by atoms with van der Waals surface area (Å²) in [5.74, 6) is 1.85. The lowest BCUT2D eigenvalue weighted by Gasteiger charge is -2.35. The Bertz CT molecular complexity index is 356. The summed E-state index contributed by atoms with van der Waals surface area (Å²) in [7, 11) is 1.76. The summed E-state index contributed by atoms with van der Waals surface area (Å²) >= 11 is 1.75. The minimum absolute atomic E-state index is 0.255. The van der Waals surface area contributed by atoms with Crippen molar-refractivity contribution in [3.8, 4) is 0 Å². The number of rotatable bonds is 10. The molecule has 1 atom stereocenters. The van der Waals surface area contributed by atoms with Crippen molar-refractivity contribution in [3.05, 3.63) is 0 Å². The van der Waals surface area contributed by atoms with E-state index in [1.807, 2.05) is 0 Å². The van der Waals surface area contributed by atoms with Gasteiger partial charge in [0.05, 0.1) is 12.7 Å². The molecule has 0 aromatic rings. The van der Waals surface area contributed by atoms with E-state index in [4.69, 9.17) is 9.47 Å². The third kappa shape index (κ3) is 6.90. The number of thioether (sulfide) groups is 1. The van der Waals surface area contributed by atoms with Gasteiger partial charge >= 0.3 is 0 Å². The lowest BCUT2D eigenvalue weighted by Crippen LogP contribution is -2.44. The Kier molecular flexibility index (Phi) is 9.46. The molecule has 6 heteroatoms. The number of likely N-dealkylation sites (tertiary alicyclic amines) is 1. The topological polar surface area (TPSA) is 42.0 Å². The summed E-state index contributed by atoms with van der Waals surface area (Å²) in [6.45, 7) is 6.64. The predicted molar refractivity (Wildman–Crippen MR) is 99.6 cm³/mol. The number of amides is 1. The van der Waals surface area contributed by atoms with Gasteiger partial charge in [0.25, 0.3) is 0 Å². The van der Waals surface area contributed by atoms with Crippen molar-refractivity contribution in [2.75, 3.05) is 65.1 Å². The van der Waals surface area contributed by atoms with Crippen molar-refractivity contribution in [2.24, 2.45) is 5.92 Å². The molecule has 2 aliphatic heterocycles. The fourth-order valence-corrected chi connectivity index (χ4v) is 3.96. The average molecular weight is 359 g/mol. The molecule has 2 fully saturated rings. The summed E-state index contributed by atoms with van der Waals surface area (Å²) < 4.78 is 10.9. The monoisotopic (exact) mass is 358 g/mol. The fraction of sp³-hybridized carbons (Fsp3) is 0.944. The molecule has 24 heavy (non-hydrogen) atoms. The highest BCUT2D eigenvalue weighted by molar-refractivity contribution is 7.98. The van der Waals surface area contributed by atoms with Gasteiger partial charge in [0, 0.05) is 45.5 Å². The van der Waals surface area contributed by atoms with Crippen LogP contribution in [0.15, 0.2) is 0 Å². The van der Waals surface area contributed by atoms with Crippen LogP contribution < -0.4 is 0 Å². The van der Waals surface area contributed by atoms with Crippen LogP contribution in [0.25, 0.3) is 0 Å². The number of carbonyl (C=O) groups is 1. The predicted octanol–water partition coefficient (Wildman–Crippen LogP) is 2.11. The van der Waals surface area contributed by atoms with Crippen molar-refractivity contribution in [1.29, 1.82) is 0 Å². The highest BCUT2D eigenvalue weighted by Crippen LogP contribution is 2.21. The summed E-state index contributed by atoms with van der Waals surface area (Å²) in [5, 5.41) is 0. The minimum atomic E-state index is 0.255. The van der Waals surface area contributed by atoms with Gasteiger partial charge in [-0.25, -0.2) is 0 Å². The Balaban J connectivity index is 1.79. The average Bonchev–Trinajstić information content (AvgIpc) is 3.11. The Morgan fingerprint density at radius 1 is 1.29 bits per heavy atom. The number of methoxy groups -OCH3 is 1. The zero-order valence-electron chi connectivity index (χ0n) is 15.4. The maximum atomic E-state index is 12.6. The fourth-order valence-electron chi connectivity index (χ4n) is 3.58. The number of carbonyl (C=O) groups excluding carboxylic acids is 1. The summed E-state index contributed by atoms with van der Waals surface area (Å²) in [6, 6.07) is 0. The molecule has 0 radical (unpaired) electrons. The molecule has 1 amide bonds. The number of piperidine rings is 1. The van der Waals surface area contributed by atoms with Crippen LogP contribution in [0, 0.1) is 5.92 Å². The van der Waals surface area contributed by atoms with Crippen LogP contribution in [0.2, 0.25) is 0 Å². The van der Waals surface area contributed by atoms with Gasteiger partial charge in [-0.1, -0.05) is 0 Å². The second-order valence-electron chi connectivity index (χ2n) is 6.95. The third-order valence-corrected chi connectivity index (χ3v) is 5.73. The molecule has 2 rings (SSSR count). The number of ether oxygens (including phenoxy) is 2. The molecule has 2 aliphatic rings. The standard InChI is InChI=1S/C18H34N2O3S/c1-22-12-10-19-8-5-16(6-9-19)14-20(18(21)7-13-24-2)15-17-4-3-11-23-17/h16-17H,3-15H2,1-2H3/t17-/m1/s1. The van der Waals surface area contributed by atoms with E-state index in [1.165, 1.54) is 12.8 Å². The highest BCUT2D eigenvalue weighted by atomic mass is 32.2. The van der Waals surface area contributed by atoms with E-state index in [1.54, 1.807) is 18.9 Å². The smallest absolute Gasteiger partial charge is 0.223 e. The molecule has 0 N–H and O–H groups in total. The number of hydrogen-bond acceptors (Lipinski definition) is 5. The number of nitrogens with zero attached hydrogens (tertiary/aromatic N) is 2. The van der Waals surface area contributed by atoms with Gasteiger partial charge in [-0.2, -0.15) is 11.8 Å². The van der Waals surface area contributed by atoms with Crippen LogP contribution in [0.4, 0.5) is 0 Å². The largest absolute Gasteiger partial charge is 0.383 e. The molecule has 0 spiro atoms. The minimum Gasteiger partial charge on any atom is -0.383 e. The van der Waals surface area contributed by atoms with Gasteiger partial charge in [0.2, 0.25) is 5.91 Å². The van der Waals surface area contributed by atoms with Crippen molar-refractivity contribution >= 4 is 17.7 Å². The summed E-state index contributed by atoms with van der Waals surface area (Å²) in [6.07, 6.45) is 7.57. The first-order chi connectivity index (χ1) is 11.7. The first kappa shape index (κ1) is 20.0. The third-order valence-electron chi connectivity index (χ3n) is 5.12. The van der Waals surface area contributed by atoms with Crippen LogP contribution in [0.1, 0.15) is 32.1 Å². The second-order valence-corrected chi connectivity index (χ2v) is 7.94. The van der Waals surface area contributed by atoms with Crippen molar-refractivity contribution < 1.29 is 14.3 Å². The van der Waals surface area contributed by atoms with Gasteiger partial charge in [0.15, 0.2) is 0 Å². The molecule has 0 aromatic heterocycles. The normalized spacial score (nSPS) is 22.8. The summed E-state index contributed by atoms with van der Waals surface area (Å²) in [4.78, 5) is 17.2. The SMILES string of the molecule is COCCN1CCC(CN(C[C@H]2CCCO2)C(=O)CCSC)CC1. The molecule has 5 nitrogen and oxygen atoms in total. The Morgan fingerprint density at radius 3 is 2.71 bits per heavy atom. The van der Waals surface area contributed by atoms with E-state index in [2.05, 4.69) is 16.1 Å². The maximum absolute atomic E-state index is 12.6. The number of hydrogen-bond donors (Lipinski definition) is 0. The first-order valence-corrected chi connectivity index (χ1v) is 10.7. The summed E-state index contributed by atoms with van der Waals surface area (Å²) in [5.41, 5.74) is 0. The lowest BCUT2D eigenvalue weighted by molar-refractivity contribution is -0.133. The van der Waals surface area contributed by atoms with Crippen LogP contribution in [-0.4, -0.2) is 86.9 Å². The van der Waals surface area contributed by atoms with E-state index in [0.29, 0.717) is 18.2 Å². The van der Waals surface area contributed by atoms with Gasteiger partial charge in [0.1, 0.15) is 0 Å². The van der Waals surface area contributed by atoms with Crippen LogP contribution in [0.3, 0.4) is 0 Å². The first-order valence-electron chi connectivity index (χ1n) is 9.32. The van der Waals surface area contributed by atoms with Crippen LogP contribution in [0.5, 0.6) is 0 Å². The van der Waals surface area contributed by atoms with Gasteiger partial charge < -0.3 is 19.3 Å². The van der Waals surface area contributed by atoms with Gasteiger partial charge in [-0.3, -0.25) is 4.79 Å². The molecule has 140 valence electrons. The van der Waals surface area contributed by atoms with Crippen LogP contribution in [-0.2, 0) is 14.3 Å². The van der Waals surface area contributed by atoms with Crippen LogP contribution >= 0.6 is 11.8 Å². The zero-order chi connectivity index (χ0) is 17.2. The molecule has 0 bridgehead atoms. The molecular formula is C18H34N2O3S. The molecular weight excluding hydrogens is 324 g/mol. The van der Waals surface area contributed by atoms with Crippen molar-refractivity contribution in [2.45, 2.75) is 38.2 Å². The van der Waals surface area contributed by atoms with Crippen molar-refractivity contribution in [3.63, 3.8) is 0 Å². The zero-order valence-corrected chi connectivity index (χ0v) is 16.2. The van der Waals surface area contributed by atoms with E-state index >= 15 is 0 Å². The molecule has 0 saturated carbocycles. The highest BCUT2D eigenvalue weighted by Gasteiger charge is 2.26. The molecule has 0 unspecified atom stereocenters.